The Morgan fingerprint density at radius 1 is 1.05 bits per heavy atom. The minimum absolute atomic E-state index is 0.154. The van der Waals surface area contributed by atoms with E-state index >= 15 is 0 Å². The second-order valence-electron chi connectivity index (χ2n) is 6.34. The molecule has 1 aliphatic carbocycles. The number of nitrogens with two attached hydrogens (primary N) is 1. The fourth-order valence-electron chi connectivity index (χ4n) is 3.33. The maximum atomic E-state index is 12.1. The van der Waals surface area contributed by atoms with Crippen molar-refractivity contribution >= 4 is 6.03 Å². The third-order valence-electron chi connectivity index (χ3n) is 4.97. The molecule has 108 valence electrons. The number of amides is 2. The van der Waals surface area contributed by atoms with E-state index in [2.05, 4.69) is 10.2 Å². The fraction of sp³-hybridized carbons (Fsp3) is 0.929. The minimum atomic E-state index is 0.154. The summed E-state index contributed by atoms with van der Waals surface area (Å²) >= 11 is 0. The first-order valence-electron chi connectivity index (χ1n) is 7.77. The van der Waals surface area contributed by atoms with E-state index in [1.165, 1.54) is 6.42 Å². The summed E-state index contributed by atoms with van der Waals surface area (Å²) < 4.78 is 0. The lowest BCUT2D eigenvalue weighted by Gasteiger charge is -2.35. The minimum Gasteiger partial charge on any atom is -0.335 e. The Morgan fingerprint density at radius 3 is 2.42 bits per heavy atom. The van der Waals surface area contributed by atoms with Crippen LogP contribution in [0.4, 0.5) is 4.79 Å². The molecule has 1 unspecified atom stereocenters. The zero-order valence-corrected chi connectivity index (χ0v) is 11.7. The molecular weight excluding hydrogens is 240 g/mol. The van der Waals surface area contributed by atoms with Gasteiger partial charge in [-0.2, -0.15) is 0 Å². The van der Waals surface area contributed by atoms with Gasteiger partial charge in [-0.25, -0.2) is 4.79 Å². The van der Waals surface area contributed by atoms with Gasteiger partial charge in [0.25, 0.3) is 0 Å². The molecule has 5 nitrogen and oxygen atoms in total. The van der Waals surface area contributed by atoms with E-state index in [0.717, 1.165) is 58.3 Å². The molecule has 0 spiro atoms. The normalized spacial score (nSPS) is 30.4. The summed E-state index contributed by atoms with van der Waals surface area (Å²) in [6.45, 7) is 4.01. The Bertz CT molecular complexity index is 323. The molecule has 0 aromatic rings. The largest absolute Gasteiger partial charge is 0.335 e. The molecule has 3 rings (SSSR count). The van der Waals surface area contributed by atoms with Crippen molar-refractivity contribution in [1.82, 2.24) is 15.1 Å². The van der Waals surface area contributed by atoms with Crippen molar-refractivity contribution < 1.29 is 4.79 Å². The van der Waals surface area contributed by atoms with E-state index in [-0.39, 0.29) is 6.03 Å². The van der Waals surface area contributed by atoms with Crippen LogP contribution in [0.3, 0.4) is 0 Å². The van der Waals surface area contributed by atoms with Crippen molar-refractivity contribution in [3.05, 3.63) is 0 Å². The van der Waals surface area contributed by atoms with Gasteiger partial charge in [-0.3, -0.25) is 4.90 Å². The van der Waals surface area contributed by atoms with Gasteiger partial charge in [0, 0.05) is 31.2 Å². The van der Waals surface area contributed by atoms with Crippen molar-refractivity contribution in [3.63, 3.8) is 0 Å². The van der Waals surface area contributed by atoms with Crippen LogP contribution < -0.4 is 11.1 Å². The molecule has 3 aliphatic rings. The first kappa shape index (κ1) is 13.2. The number of piperidine rings is 1. The molecule has 2 saturated heterocycles. The molecule has 3 fully saturated rings. The van der Waals surface area contributed by atoms with Crippen molar-refractivity contribution in [2.45, 2.75) is 56.7 Å². The van der Waals surface area contributed by atoms with Crippen molar-refractivity contribution in [2.75, 3.05) is 26.2 Å². The van der Waals surface area contributed by atoms with Gasteiger partial charge in [0.2, 0.25) is 0 Å². The predicted octanol–water partition coefficient (Wildman–Crippen LogP) is 0.746. The molecule has 5 heteroatoms. The average Bonchev–Trinajstić information content (AvgIpc) is 2.84. The van der Waals surface area contributed by atoms with Crippen LogP contribution in [0.2, 0.25) is 0 Å². The van der Waals surface area contributed by atoms with Gasteiger partial charge in [-0.15, -0.1) is 0 Å². The number of nitrogens with zero attached hydrogens (tertiary/aromatic N) is 2. The summed E-state index contributed by atoms with van der Waals surface area (Å²) in [6.07, 6.45) is 6.91. The monoisotopic (exact) mass is 266 g/mol. The predicted molar refractivity (Wildman–Crippen MR) is 74.9 cm³/mol. The van der Waals surface area contributed by atoms with Gasteiger partial charge in [0.1, 0.15) is 0 Å². The third-order valence-corrected chi connectivity index (χ3v) is 4.97. The number of hydrogen-bond donors (Lipinski definition) is 2. The Morgan fingerprint density at radius 2 is 1.79 bits per heavy atom. The lowest BCUT2D eigenvalue weighted by atomic mass is 9.93. The van der Waals surface area contributed by atoms with Crippen LogP contribution in [0.1, 0.15) is 38.5 Å². The Hall–Kier alpha value is -0.810. The van der Waals surface area contributed by atoms with Crippen LogP contribution in [0.5, 0.6) is 0 Å². The summed E-state index contributed by atoms with van der Waals surface area (Å²) in [6, 6.07) is 1.54. The second-order valence-corrected chi connectivity index (χ2v) is 6.34. The molecule has 2 heterocycles. The standard InChI is InChI=1S/C14H26N4O/c15-11-4-7-17(8-5-11)13-6-9-18(10-13)14(19)16-12-2-1-3-12/h11-13H,1-10,15H2,(H,16,19). The van der Waals surface area contributed by atoms with Crippen molar-refractivity contribution in [3.8, 4) is 0 Å². The molecule has 0 radical (unpaired) electrons. The first-order valence-corrected chi connectivity index (χ1v) is 7.77. The molecule has 0 aromatic heterocycles. The molecule has 0 bridgehead atoms. The van der Waals surface area contributed by atoms with E-state index in [0.29, 0.717) is 18.1 Å². The molecule has 3 N–H and O–H groups in total. The lowest BCUT2D eigenvalue weighted by molar-refractivity contribution is 0.151. The van der Waals surface area contributed by atoms with Crippen LogP contribution >= 0.6 is 0 Å². The lowest BCUT2D eigenvalue weighted by Crippen LogP contribution is -2.49. The van der Waals surface area contributed by atoms with Crippen molar-refractivity contribution in [2.24, 2.45) is 5.73 Å². The number of rotatable bonds is 2. The summed E-state index contributed by atoms with van der Waals surface area (Å²) in [4.78, 5) is 16.6. The fourth-order valence-corrected chi connectivity index (χ4v) is 3.33. The molecule has 0 aromatic carbocycles. The molecule has 1 atom stereocenters. The number of carbonyl (C=O) groups is 1. The zero-order valence-electron chi connectivity index (χ0n) is 11.7. The van der Waals surface area contributed by atoms with Crippen molar-refractivity contribution in [1.29, 1.82) is 0 Å². The highest BCUT2D eigenvalue weighted by Gasteiger charge is 2.33. The highest BCUT2D eigenvalue weighted by Crippen LogP contribution is 2.22. The van der Waals surface area contributed by atoms with Gasteiger partial charge in [-0.05, 0) is 51.6 Å². The van der Waals surface area contributed by atoms with Crippen LogP contribution in [0.25, 0.3) is 0 Å². The molecule has 1 saturated carbocycles. The smallest absolute Gasteiger partial charge is 0.317 e. The summed E-state index contributed by atoms with van der Waals surface area (Å²) in [5.74, 6) is 0. The summed E-state index contributed by atoms with van der Waals surface area (Å²) in [5.41, 5.74) is 5.95. The highest BCUT2D eigenvalue weighted by atomic mass is 16.2. The molecule has 2 amide bonds. The summed E-state index contributed by atoms with van der Waals surface area (Å²) in [5, 5.41) is 3.14. The van der Waals surface area contributed by atoms with E-state index in [9.17, 15) is 4.79 Å². The quantitative estimate of drug-likeness (QED) is 0.775. The maximum absolute atomic E-state index is 12.1. The Balaban J connectivity index is 1.45. The van der Waals surface area contributed by atoms with Gasteiger partial charge in [0.05, 0.1) is 0 Å². The maximum Gasteiger partial charge on any atom is 0.317 e. The number of carbonyl (C=O) groups excluding carboxylic acids is 1. The number of urea groups is 1. The Kier molecular flexibility index (Phi) is 3.93. The van der Waals surface area contributed by atoms with Gasteiger partial charge >= 0.3 is 6.03 Å². The molecule has 2 aliphatic heterocycles. The first-order chi connectivity index (χ1) is 9.22. The van der Waals surface area contributed by atoms with Crippen LogP contribution in [0.15, 0.2) is 0 Å². The van der Waals surface area contributed by atoms with Crippen LogP contribution in [-0.2, 0) is 0 Å². The number of hydrogen-bond acceptors (Lipinski definition) is 3. The Labute approximate surface area is 115 Å². The SMILES string of the molecule is NC1CCN(C2CCN(C(=O)NC3CCC3)C2)CC1. The van der Waals surface area contributed by atoms with Gasteiger partial charge < -0.3 is 16.0 Å². The highest BCUT2D eigenvalue weighted by molar-refractivity contribution is 5.75. The van der Waals surface area contributed by atoms with Crippen LogP contribution in [0, 0.1) is 0 Å². The zero-order chi connectivity index (χ0) is 13.2. The van der Waals surface area contributed by atoms with Gasteiger partial charge in [-0.1, -0.05) is 0 Å². The topological polar surface area (TPSA) is 61.6 Å². The molecular formula is C14H26N4O. The van der Waals surface area contributed by atoms with E-state index in [1.54, 1.807) is 0 Å². The van der Waals surface area contributed by atoms with Gasteiger partial charge in [0.15, 0.2) is 0 Å². The number of likely N-dealkylation sites (tertiary alicyclic amines) is 2. The number of nitrogens with one attached hydrogen (secondary N) is 1. The summed E-state index contributed by atoms with van der Waals surface area (Å²) in [7, 11) is 0. The average molecular weight is 266 g/mol. The second kappa shape index (κ2) is 5.67. The third kappa shape index (κ3) is 3.03. The van der Waals surface area contributed by atoms with E-state index in [1.807, 2.05) is 4.90 Å². The van der Waals surface area contributed by atoms with E-state index in [4.69, 9.17) is 5.73 Å². The van der Waals surface area contributed by atoms with E-state index < -0.39 is 0 Å². The molecule has 19 heavy (non-hydrogen) atoms. The van der Waals surface area contributed by atoms with Crippen LogP contribution in [-0.4, -0.2) is 60.1 Å².